The number of hydrogen-bond donors (Lipinski definition) is 1. The minimum absolute atomic E-state index is 0.191. The first kappa shape index (κ1) is 25.7. The van der Waals surface area contributed by atoms with Crippen molar-refractivity contribution in [1.29, 1.82) is 0 Å². The maximum Gasteiger partial charge on any atom is 0.255 e. The van der Waals surface area contributed by atoms with Gasteiger partial charge in [-0.3, -0.25) is 9.78 Å². The predicted octanol–water partition coefficient (Wildman–Crippen LogP) is 5.05. The lowest BCUT2D eigenvalue weighted by Gasteiger charge is -2.34. The molecule has 1 aliphatic rings. The standard InChI is InChI=1S/C27H31N3O5S/c1-3-34-25-15-10-20(18-26(25)35-4-2)27(31)29-22-11-13-23(14-12-22)36(32,33)30-17-6-5-9-24(30)21-8-7-16-28-19-21/h7-8,10-16,18-19,24H,3-6,9,17H2,1-2H3,(H,29,31). The van der Waals surface area contributed by atoms with Gasteiger partial charge >= 0.3 is 0 Å². The van der Waals surface area contributed by atoms with Crippen molar-refractivity contribution in [2.45, 2.75) is 44.0 Å². The lowest BCUT2D eigenvalue weighted by atomic mass is 9.99. The van der Waals surface area contributed by atoms with E-state index in [1.54, 1.807) is 47.0 Å². The van der Waals surface area contributed by atoms with Crippen LogP contribution < -0.4 is 14.8 Å². The molecule has 8 nitrogen and oxygen atoms in total. The van der Waals surface area contributed by atoms with E-state index in [-0.39, 0.29) is 16.8 Å². The maximum absolute atomic E-state index is 13.5. The highest BCUT2D eigenvalue weighted by molar-refractivity contribution is 7.89. The molecule has 1 aliphatic heterocycles. The van der Waals surface area contributed by atoms with Gasteiger partial charge in [-0.25, -0.2) is 8.42 Å². The molecule has 3 aromatic rings. The quantitative estimate of drug-likeness (QED) is 0.434. The molecule has 1 amide bonds. The fourth-order valence-electron chi connectivity index (χ4n) is 4.34. The summed E-state index contributed by atoms with van der Waals surface area (Å²) in [5.41, 5.74) is 1.80. The second-order valence-corrected chi connectivity index (χ2v) is 10.3. The Morgan fingerprint density at radius 1 is 1.03 bits per heavy atom. The second kappa shape index (κ2) is 11.5. The third kappa shape index (κ3) is 5.68. The van der Waals surface area contributed by atoms with Gasteiger partial charge < -0.3 is 14.8 Å². The van der Waals surface area contributed by atoms with Crippen LogP contribution in [-0.2, 0) is 10.0 Å². The van der Waals surface area contributed by atoms with Crippen molar-refractivity contribution in [1.82, 2.24) is 9.29 Å². The molecule has 0 saturated carbocycles. The molecule has 190 valence electrons. The van der Waals surface area contributed by atoms with Crippen LogP contribution in [0.3, 0.4) is 0 Å². The summed E-state index contributed by atoms with van der Waals surface area (Å²) in [5.74, 6) is 0.744. The van der Waals surface area contributed by atoms with Gasteiger partial charge in [-0.15, -0.1) is 0 Å². The van der Waals surface area contributed by atoms with Crippen molar-refractivity contribution in [2.75, 3.05) is 25.1 Å². The van der Waals surface area contributed by atoms with Crippen LogP contribution in [0.25, 0.3) is 0 Å². The summed E-state index contributed by atoms with van der Waals surface area (Å²) in [7, 11) is -3.72. The van der Waals surface area contributed by atoms with Crippen molar-refractivity contribution in [3.63, 3.8) is 0 Å². The van der Waals surface area contributed by atoms with Crippen LogP contribution in [0.5, 0.6) is 11.5 Å². The Kier molecular flexibility index (Phi) is 8.22. The highest BCUT2D eigenvalue weighted by atomic mass is 32.2. The minimum atomic E-state index is -3.72. The van der Waals surface area contributed by atoms with Gasteiger partial charge in [0.05, 0.1) is 24.2 Å². The average Bonchev–Trinajstić information content (AvgIpc) is 2.91. The van der Waals surface area contributed by atoms with Gasteiger partial charge in [-0.1, -0.05) is 12.5 Å². The summed E-state index contributed by atoms with van der Waals surface area (Å²) in [5, 5.41) is 2.82. The van der Waals surface area contributed by atoms with E-state index in [4.69, 9.17) is 9.47 Å². The van der Waals surface area contributed by atoms with Crippen molar-refractivity contribution >= 4 is 21.6 Å². The molecule has 9 heteroatoms. The first-order valence-corrected chi connectivity index (χ1v) is 13.6. The maximum atomic E-state index is 13.5. The zero-order valence-corrected chi connectivity index (χ0v) is 21.3. The largest absolute Gasteiger partial charge is 0.490 e. The van der Waals surface area contributed by atoms with Crippen molar-refractivity contribution in [3.05, 3.63) is 78.1 Å². The van der Waals surface area contributed by atoms with Crippen LogP contribution in [0.4, 0.5) is 5.69 Å². The molecule has 2 aromatic carbocycles. The Balaban J connectivity index is 1.50. The fourth-order valence-corrected chi connectivity index (χ4v) is 6.02. The molecule has 0 spiro atoms. The number of rotatable bonds is 9. The number of carbonyl (C=O) groups is 1. The van der Waals surface area contributed by atoms with E-state index < -0.39 is 10.0 Å². The number of sulfonamides is 1. The van der Waals surface area contributed by atoms with Crippen LogP contribution >= 0.6 is 0 Å². The smallest absolute Gasteiger partial charge is 0.255 e. The molecule has 1 aromatic heterocycles. The molecule has 0 bridgehead atoms. The first-order chi connectivity index (χ1) is 17.4. The SMILES string of the molecule is CCOc1ccc(C(=O)Nc2ccc(S(=O)(=O)N3CCCCC3c3cccnc3)cc2)cc1OCC. The summed E-state index contributed by atoms with van der Waals surface area (Å²) >= 11 is 0. The minimum Gasteiger partial charge on any atom is -0.490 e. The van der Waals surface area contributed by atoms with Crippen LogP contribution in [0.2, 0.25) is 0 Å². The van der Waals surface area contributed by atoms with E-state index in [0.717, 1.165) is 24.8 Å². The van der Waals surface area contributed by atoms with E-state index >= 15 is 0 Å². The van der Waals surface area contributed by atoms with Crippen molar-refractivity contribution in [3.8, 4) is 11.5 Å². The third-order valence-corrected chi connectivity index (χ3v) is 7.97. The number of pyridine rings is 1. The van der Waals surface area contributed by atoms with E-state index in [1.165, 1.54) is 12.1 Å². The monoisotopic (exact) mass is 509 g/mol. The molecule has 2 heterocycles. The number of anilines is 1. The molecular formula is C27H31N3O5S. The first-order valence-electron chi connectivity index (χ1n) is 12.2. The number of amides is 1. The number of ether oxygens (including phenoxy) is 2. The van der Waals surface area contributed by atoms with Crippen LogP contribution in [0, 0.1) is 0 Å². The molecule has 4 rings (SSSR count). The van der Waals surface area contributed by atoms with Gasteiger partial charge in [-0.2, -0.15) is 4.31 Å². The van der Waals surface area contributed by atoms with E-state index in [0.29, 0.717) is 42.5 Å². The Labute approximate surface area is 212 Å². The lowest BCUT2D eigenvalue weighted by Crippen LogP contribution is -2.38. The molecular weight excluding hydrogens is 478 g/mol. The molecule has 1 N–H and O–H groups in total. The number of benzene rings is 2. The zero-order chi connectivity index (χ0) is 25.5. The molecule has 1 atom stereocenters. The summed E-state index contributed by atoms with van der Waals surface area (Å²) in [4.78, 5) is 17.2. The topological polar surface area (TPSA) is 97.8 Å². The second-order valence-electron chi connectivity index (χ2n) is 8.42. The molecule has 1 fully saturated rings. The molecule has 0 aliphatic carbocycles. The van der Waals surface area contributed by atoms with Gasteiger partial charge in [0.25, 0.3) is 5.91 Å². The van der Waals surface area contributed by atoms with Gasteiger partial charge in [0.1, 0.15) is 0 Å². The van der Waals surface area contributed by atoms with E-state index in [9.17, 15) is 13.2 Å². The third-order valence-electron chi connectivity index (χ3n) is 6.05. The Hall–Kier alpha value is -3.43. The van der Waals surface area contributed by atoms with E-state index in [1.807, 2.05) is 26.0 Å². The summed E-state index contributed by atoms with van der Waals surface area (Å²) in [6.07, 6.45) is 5.95. The fraction of sp³-hybridized carbons (Fsp3) is 0.333. The van der Waals surface area contributed by atoms with Crippen molar-refractivity contribution in [2.24, 2.45) is 0 Å². The summed E-state index contributed by atoms with van der Waals surface area (Å²) in [6.45, 7) is 5.13. The molecule has 1 unspecified atom stereocenters. The summed E-state index contributed by atoms with van der Waals surface area (Å²) in [6, 6.07) is 14.8. The Bertz CT molecular complexity index is 1280. The zero-order valence-electron chi connectivity index (χ0n) is 20.5. The number of hydrogen-bond acceptors (Lipinski definition) is 6. The number of piperidine rings is 1. The number of carbonyl (C=O) groups excluding carboxylic acids is 1. The molecule has 1 saturated heterocycles. The normalized spacial score (nSPS) is 16.3. The van der Waals surface area contributed by atoms with Gasteiger partial charge in [0.15, 0.2) is 11.5 Å². The van der Waals surface area contributed by atoms with Crippen molar-refractivity contribution < 1.29 is 22.7 Å². The average molecular weight is 510 g/mol. The molecule has 0 radical (unpaired) electrons. The highest BCUT2D eigenvalue weighted by Crippen LogP contribution is 2.35. The highest BCUT2D eigenvalue weighted by Gasteiger charge is 2.34. The van der Waals surface area contributed by atoms with Crippen LogP contribution in [-0.4, -0.2) is 43.4 Å². The predicted molar refractivity (Wildman–Crippen MR) is 138 cm³/mol. The number of nitrogens with one attached hydrogen (secondary N) is 1. The number of nitrogens with zero attached hydrogens (tertiary/aromatic N) is 2. The summed E-state index contributed by atoms with van der Waals surface area (Å²) < 4.78 is 39.7. The van der Waals surface area contributed by atoms with Gasteiger partial charge in [0, 0.05) is 30.2 Å². The number of aromatic nitrogens is 1. The Morgan fingerprint density at radius 2 is 1.78 bits per heavy atom. The van der Waals surface area contributed by atoms with Crippen LogP contribution in [0.15, 0.2) is 71.9 Å². The Morgan fingerprint density at radius 3 is 2.47 bits per heavy atom. The lowest BCUT2D eigenvalue weighted by molar-refractivity contribution is 0.102. The van der Waals surface area contributed by atoms with Gasteiger partial charge in [0.2, 0.25) is 10.0 Å². The van der Waals surface area contributed by atoms with E-state index in [2.05, 4.69) is 10.3 Å². The van der Waals surface area contributed by atoms with Gasteiger partial charge in [-0.05, 0) is 80.8 Å². The molecule has 36 heavy (non-hydrogen) atoms. The van der Waals surface area contributed by atoms with Crippen LogP contribution in [0.1, 0.15) is 55.1 Å².